The number of nitrogens with one attached hydrogen (secondary N) is 1. The van der Waals surface area contributed by atoms with Gasteiger partial charge in [-0.3, -0.25) is 0 Å². The second-order valence-corrected chi connectivity index (χ2v) is 9.75. The maximum Gasteiger partial charge on any atom is 0.321 e. The maximum atomic E-state index is 13.6. The molecular weight excluding hydrogens is 495 g/mol. The summed E-state index contributed by atoms with van der Waals surface area (Å²) in [6.07, 6.45) is 2.39. The Kier molecular flexibility index (Phi) is 6.79. The third-order valence-electron chi connectivity index (χ3n) is 7.02. The maximum absolute atomic E-state index is 13.6. The zero-order valence-corrected chi connectivity index (χ0v) is 21.7. The number of carbonyl (C=O) groups is 1. The molecule has 1 saturated heterocycles. The number of halogens is 1. The zero-order chi connectivity index (χ0) is 26.8. The molecule has 2 amide bonds. The summed E-state index contributed by atoms with van der Waals surface area (Å²) in [7, 11) is 0. The molecule has 0 aliphatic carbocycles. The van der Waals surface area contributed by atoms with Crippen molar-refractivity contribution in [3.63, 3.8) is 0 Å². The van der Waals surface area contributed by atoms with Gasteiger partial charge in [-0.25, -0.2) is 14.2 Å². The molecule has 6 rings (SSSR count). The van der Waals surface area contributed by atoms with Crippen LogP contribution in [-0.2, 0) is 6.42 Å². The van der Waals surface area contributed by atoms with Crippen molar-refractivity contribution >= 4 is 39.4 Å². The summed E-state index contributed by atoms with van der Waals surface area (Å²) in [4.78, 5) is 26.6. The van der Waals surface area contributed by atoms with Crippen LogP contribution < -0.4 is 10.2 Å². The highest BCUT2D eigenvalue weighted by atomic mass is 19.1. The third-order valence-corrected chi connectivity index (χ3v) is 7.02. The van der Waals surface area contributed by atoms with Crippen molar-refractivity contribution in [2.75, 3.05) is 36.4 Å². The van der Waals surface area contributed by atoms with E-state index in [0.717, 1.165) is 46.8 Å². The van der Waals surface area contributed by atoms with E-state index in [1.807, 2.05) is 18.2 Å². The molecule has 39 heavy (non-hydrogen) atoms. The number of rotatable bonds is 5. The van der Waals surface area contributed by atoms with Crippen LogP contribution in [0.1, 0.15) is 25.6 Å². The largest absolute Gasteiger partial charge is 0.354 e. The molecule has 0 bridgehead atoms. The number of benzene rings is 3. The lowest BCUT2D eigenvalue weighted by atomic mass is 10.0. The van der Waals surface area contributed by atoms with E-state index in [1.54, 1.807) is 17.0 Å². The van der Waals surface area contributed by atoms with Gasteiger partial charge in [0.15, 0.2) is 0 Å². The first-order chi connectivity index (χ1) is 19.1. The highest BCUT2D eigenvalue weighted by molar-refractivity contribution is 6.00. The van der Waals surface area contributed by atoms with E-state index >= 15 is 0 Å². The predicted molar refractivity (Wildman–Crippen MR) is 150 cm³/mol. The monoisotopic (exact) mass is 524 g/mol. The number of aryl methyl sites for hydroxylation is 1. The minimum Gasteiger partial charge on any atom is -0.354 e. The van der Waals surface area contributed by atoms with Crippen LogP contribution in [0.25, 0.3) is 33.1 Å². The fraction of sp³-hybridized carbons (Fsp3) is 0.267. The Balaban J connectivity index is 1.32. The average Bonchev–Trinajstić information content (AvgIpc) is 3.21. The summed E-state index contributed by atoms with van der Waals surface area (Å²) in [5.74, 6) is 1.10. The summed E-state index contributed by atoms with van der Waals surface area (Å²) >= 11 is 0. The van der Waals surface area contributed by atoms with E-state index < -0.39 is 0 Å². The normalized spacial score (nSPS) is 14.1. The SMILES string of the molecule is CCCc1nc(N2CCCN(C(=O)Nc3cccc(F)c3)CC2)c2c(-c3ccc4ccccc4c3)noc2n1. The summed E-state index contributed by atoms with van der Waals surface area (Å²) in [5, 5.41) is 10.3. The first kappa shape index (κ1) is 24.8. The Hall–Kier alpha value is -4.53. The molecule has 3 aromatic carbocycles. The van der Waals surface area contributed by atoms with Gasteiger partial charge < -0.3 is 19.6 Å². The van der Waals surface area contributed by atoms with Crippen molar-refractivity contribution in [1.29, 1.82) is 0 Å². The quantitative estimate of drug-likeness (QED) is 0.291. The molecule has 1 aliphatic heterocycles. The van der Waals surface area contributed by atoms with Crippen molar-refractivity contribution in [3.8, 4) is 11.3 Å². The molecule has 198 valence electrons. The average molecular weight is 525 g/mol. The molecule has 1 fully saturated rings. The summed E-state index contributed by atoms with van der Waals surface area (Å²) < 4.78 is 19.4. The first-order valence-electron chi connectivity index (χ1n) is 13.3. The van der Waals surface area contributed by atoms with Crippen LogP contribution in [0.15, 0.2) is 71.3 Å². The molecule has 9 heteroatoms. The van der Waals surface area contributed by atoms with Gasteiger partial charge in [-0.1, -0.05) is 54.5 Å². The lowest BCUT2D eigenvalue weighted by Crippen LogP contribution is -2.38. The molecule has 8 nitrogen and oxygen atoms in total. The Morgan fingerprint density at radius 1 is 0.974 bits per heavy atom. The van der Waals surface area contributed by atoms with E-state index in [0.29, 0.717) is 49.1 Å². The van der Waals surface area contributed by atoms with E-state index in [4.69, 9.17) is 9.51 Å². The smallest absolute Gasteiger partial charge is 0.321 e. The van der Waals surface area contributed by atoms with Gasteiger partial charge >= 0.3 is 6.03 Å². The number of amides is 2. The van der Waals surface area contributed by atoms with Crippen LogP contribution in [0.3, 0.4) is 0 Å². The number of urea groups is 1. The first-order valence-corrected chi connectivity index (χ1v) is 13.3. The van der Waals surface area contributed by atoms with Gasteiger partial charge in [0.25, 0.3) is 5.71 Å². The van der Waals surface area contributed by atoms with Gasteiger partial charge in [0.1, 0.15) is 28.5 Å². The molecule has 0 atom stereocenters. The molecule has 0 spiro atoms. The van der Waals surface area contributed by atoms with E-state index in [-0.39, 0.29) is 11.8 Å². The molecule has 3 heterocycles. The van der Waals surface area contributed by atoms with Gasteiger partial charge in [-0.05, 0) is 47.9 Å². The molecule has 0 unspecified atom stereocenters. The molecule has 0 saturated carbocycles. The van der Waals surface area contributed by atoms with Crippen LogP contribution in [0.2, 0.25) is 0 Å². The minimum atomic E-state index is -0.388. The highest BCUT2D eigenvalue weighted by Gasteiger charge is 2.26. The lowest BCUT2D eigenvalue weighted by molar-refractivity contribution is 0.215. The minimum absolute atomic E-state index is 0.246. The van der Waals surface area contributed by atoms with Crippen molar-refractivity contribution in [3.05, 3.63) is 78.4 Å². The topological polar surface area (TPSA) is 87.4 Å². The van der Waals surface area contributed by atoms with Crippen molar-refractivity contribution in [2.45, 2.75) is 26.2 Å². The second kappa shape index (κ2) is 10.7. The number of anilines is 2. The van der Waals surface area contributed by atoms with Crippen molar-refractivity contribution < 1.29 is 13.7 Å². The van der Waals surface area contributed by atoms with Gasteiger partial charge in [0, 0.05) is 43.9 Å². The summed E-state index contributed by atoms with van der Waals surface area (Å²) in [6, 6.07) is 20.1. The Morgan fingerprint density at radius 2 is 1.85 bits per heavy atom. The van der Waals surface area contributed by atoms with Crippen LogP contribution in [0, 0.1) is 5.82 Å². The van der Waals surface area contributed by atoms with Gasteiger partial charge in [-0.15, -0.1) is 0 Å². The van der Waals surface area contributed by atoms with Crippen LogP contribution >= 0.6 is 0 Å². The number of hydrogen-bond donors (Lipinski definition) is 1. The Labute approximate surface area is 225 Å². The summed E-state index contributed by atoms with van der Waals surface area (Å²) in [6.45, 7) is 4.46. The fourth-order valence-corrected chi connectivity index (χ4v) is 5.08. The molecule has 1 N–H and O–H groups in total. The number of hydrogen-bond acceptors (Lipinski definition) is 6. The molecular formula is C30H29FN6O2. The van der Waals surface area contributed by atoms with E-state index in [9.17, 15) is 9.18 Å². The predicted octanol–water partition coefficient (Wildman–Crippen LogP) is 6.27. The van der Waals surface area contributed by atoms with Crippen LogP contribution in [-0.4, -0.2) is 52.2 Å². The molecule has 1 aliphatic rings. The van der Waals surface area contributed by atoms with Crippen LogP contribution in [0.5, 0.6) is 0 Å². The van der Waals surface area contributed by atoms with Gasteiger partial charge in [0.05, 0.1) is 0 Å². The van der Waals surface area contributed by atoms with Gasteiger partial charge in [0.2, 0.25) is 0 Å². The number of aromatic nitrogens is 3. The zero-order valence-electron chi connectivity index (χ0n) is 21.7. The summed E-state index contributed by atoms with van der Waals surface area (Å²) in [5.41, 5.74) is 2.55. The fourth-order valence-electron chi connectivity index (χ4n) is 5.08. The lowest BCUT2D eigenvalue weighted by Gasteiger charge is -2.24. The Morgan fingerprint density at radius 3 is 2.69 bits per heavy atom. The standard InChI is InChI=1S/C30H29FN6O2/c1-2-7-25-33-28(36-14-6-15-37(17-16-36)30(38)32-24-11-5-10-23(31)19-24)26-27(35-39-29(26)34-25)22-13-12-20-8-3-4-9-21(20)18-22/h3-5,8-13,18-19H,2,6-7,14-17H2,1H3,(H,32,38). The molecule has 0 radical (unpaired) electrons. The number of carbonyl (C=O) groups excluding carboxylic acids is 1. The number of nitrogens with zero attached hydrogens (tertiary/aromatic N) is 5. The van der Waals surface area contributed by atoms with Crippen LogP contribution in [0.4, 0.5) is 20.7 Å². The molecule has 2 aromatic heterocycles. The second-order valence-electron chi connectivity index (χ2n) is 9.75. The van der Waals surface area contributed by atoms with Gasteiger partial charge in [-0.2, -0.15) is 4.98 Å². The van der Waals surface area contributed by atoms with E-state index in [1.165, 1.54) is 12.1 Å². The van der Waals surface area contributed by atoms with Crippen molar-refractivity contribution in [1.82, 2.24) is 20.0 Å². The van der Waals surface area contributed by atoms with E-state index in [2.05, 4.69) is 51.5 Å². The number of fused-ring (bicyclic) bond motifs is 2. The Bertz CT molecular complexity index is 1650. The highest BCUT2D eigenvalue weighted by Crippen LogP contribution is 2.35. The molecule has 5 aromatic rings. The third kappa shape index (κ3) is 5.12. The van der Waals surface area contributed by atoms with Crippen molar-refractivity contribution in [2.24, 2.45) is 0 Å².